The summed E-state index contributed by atoms with van der Waals surface area (Å²) >= 11 is 0. The van der Waals surface area contributed by atoms with Gasteiger partial charge in [-0.25, -0.2) is 8.78 Å². The van der Waals surface area contributed by atoms with Gasteiger partial charge >= 0.3 is 0 Å². The van der Waals surface area contributed by atoms with Gasteiger partial charge < -0.3 is 4.74 Å². The van der Waals surface area contributed by atoms with Crippen LogP contribution in [0.4, 0.5) is 8.78 Å². The maximum absolute atomic E-state index is 13.2. The molecule has 1 aliphatic heterocycles. The van der Waals surface area contributed by atoms with Gasteiger partial charge in [-0.05, 0) is 32.1 Å². The highest BCUT2D eigenvalue weighted by Gasteiger charge is 2.45. The summed E-state index contributed by atoms with van der Waals surface area (Å²) in [4.78, 5) is 0. The van der Waals surface area contributed by atoms with Crippen LogP contribution in [0.25, 0.3) is 0 Å². The average Bonchev–Trinajstić information content (AvgIpc) is 2.39. The standard InChI is InChI=1S/C9H14F2O/c1-5-4-6-2-3-7(10)8(11)9(6)12-5/h5-9H,2-4H2,1H3/t5-,6+,7+,8+,9-/m1/s1. The van der Waals surface area contributed by atoms with Crippen LogP contribution >= 0.6 is 0 Å². The van der Waals surface area contributed by atoms with Crippen LogP contribution in [0.15, 0.2) is 0 Å². The van der Waals surface area contributed by atoms with Crippen molar-refractivity contribution >= 4 is 0 Å². The SMILES string of the molecule is C[C@@H]1C[C@@H]2CC[C@H](F)[C@H](F)[C@@H]2O1. The van der Waals surface area contributed by atoms with E-state index in [0.717, 1.165) is 12.8 Å². The zero-order valence-electron chi connectivity index (χ0n) is 7.17. The van der Waals surface area contributed by atoms with Crippen LogP contribution < -0.4 is 0 Å². The molecule has 0 spiro atoms. The second-order valence-electron chi connectivity index (χ2n) is 3.94. The van der Waals surface area contributed by atoms with E-state index in [0.29, 0.717) is 6.42 Å². The Balaban J connectivity index is 2.06. The minimum atomic E-state index is -1.38. The Morgan fingerprint density at radius 1 is 1.25 bits per heavy atom. The predicted molar refractivity (Wildman–Crippen MR) is 41.5 cm³/mol. The monoisotopic (exact) mass is 176 g/mol. The van der Waals surface area contributed by atoms with Gasteiger partial charge in [0.2, 0.25) is 0 Å². The van der Waals surface area contributed by atoms with Crippen LogP contribution in [0.1, 0.15) is 26.2 Å². The lowest BCUT2D eigenvalue weighted by atomic mass is 9.83. The van der Waals surface area contributed by atoms with Crippen molar-refractivity contribution in [3.63, 3.8) is 0 Å². The molecule has 0 unspecified atom stereocenters. The second kappa shape index (κ2) is 2.95. The van der Waals surface area contributed by atoms with Gasteiger partial charge in [0.15, 0.2) is 6.17 Å². The molecule has 70 valence electrons. The highest BCUT2D eigenvalue weighted by molar-refractivity contribution is 4.93. The van der Waals surface area contributed by atoms with E-state index < -0.39 is 18.4 Å². The molecule has 0 aromatic carbocycles. The maximum Gasteiger partial charge on any atom is 0.157 e. The summed E-state index contributed by atoms with van der Waals surface area (Å²) in [7, 11) is 0. The van der Waals surface area contributed by atoms with Crippen LogP contribution in [0.2, 0.25) is 0 Å². The van der Waals surface area contributed by atoms with Crippen molar-refractivity contribution in [2.45, 2.75) is 50.7 Å². The molecule has 5 atom stereocenters. The van der Waals surface area contributed by atoms with E-state index in [9.17, 15) is 8.78 Å². The molecule has 0 radical (unpaired) electrons. The summed E-state index contributed by atoms with van der Waals surface area (Å²) in [5.74, 6) is 0.266. The minimum absolute atomic E-state index is 0.114. The van der Waals surface area contributed by atoms with E-state index in [2.05, 4.69) is 0 Å². The smallest absolute Gasteiger partial charge is 0.157 e. The lowest BCUT2D eigenvalue weighted by molar-refractivity contribution is -0.0555. The van der Waals surface area contributed by atoms with E-state index in [-0.39, 0.29) is 12.0 Å². The Morgan fingerprint density at radius 3 is 2.75 bits per heavy atom. The molecular weight excluding hydrogens is 162 g/mol. The first kappa shape index (κ1) is 8.42. The first-order valence-electron chi connectivity index (χ1n) is 4.62. The Hall–Kier alpha value is -0.180. The largest absolute Gasteiger partial charge is 0.372 e. The summed E-state index contributed by atoms with van der Waals surface area (Å²) < 4.78 is 31.4. The number of fused-ring (bicyclic) bond motifs is 1. The third-order valence-electron chi connectivity index (χ3n) is 2.96. The van der Waals surface area contributed by atoms with Gasteiger partial charge in [-0.15, -0.1) is 0 Å². The molecule has 12 heavy (non-hydrogen) atoms. The Morgan fingerprint density at radius 2 is 2.00 bits per heavy atom. The molecule has 1 aliphatic carbocycles. The fraction of sp³-hybridized carbons (Fsp3) is 1.00. The van der Waals surface area contributed by atoms with Gasteiger partial charge in [0, 0.05) is 0 Å². The van der Waals surface area contributed by atoms with E-state index in [1.165, 1.54) is 0 Å². The summed E-state index contributed by atoms with van der Waals surface area (Å²) in [6.07, 6.45) is -0.954. The number of ether oxygens (including phenoxy) is 1. The van der Waals surface area contributed by atoms with Crippen molar-refractivity contribution in [2.75, 3.05) is 0 Å². The Bertz CT molecular complexity index is 172. The summed E-state index contributed by atoms with van der Waals surface area (Å²) in [6.45, 7) is 1.93. The zero-order chi connectivity index (χ0) is 8.72. The fourth-order valence-electron chi connectivity index (χ4n) is 2.35. The Labute approximate surface area is 71.1 Å². The van der Waals surface area contributed by atoms with E-state index in [4.69, 9.17) is 4.74 Å². The Kier molecular flexibility index (Phi) is 2.07. The van der Waals surface area contributed by atoms with Crippen LogP contribution in [-0.2, 0) is 4.74 Å². The van der Waals surface area contributed by atoms with Gasteiger partial charge in [-0.1, -0.05) is 0 Å². The maximum atomic E-state index is 13.2. The average molecular weight is 176 g/mol. The van der Waals surface area contributed by atoms with Crippen molar-refractivity contribution in [2.24, 2.45) is 5.92 Å². The molecule has 1 heterocycles. The number of hydrogen-bond acceptors (Lipinski definition) is 1. The van der Waals surface area contributed by atoms with E-state index >= 15 is 0 Å². The number of rotatable bonds is 0. The second-order valence-corrected chi connectivity index (χ2v) is 3.94. The normalized spacial score (nSPS) is 53.8. The lowest BCUT2D eigenvalue weighted by Crippen LogP contribution is -2.40. The van der Waals surface area contributed by atoms with Gasteiger partial charge in [0.05, 0.1) is 12.2 Å². The number of hydrogen-bond donors (Lipinski definition) is 0. The van der Waals surface area contributed by atoms with Gasteiger partial charge in [-0.3, -0.25) is 0 Å². The summed E-state index contributed by atoms with van der Waals surface area (Å²) in [5.41, 5.74) is 0. The molecule has 2 aliphatic rings. The first-order chi connectivity index (χ1) is 5.68. The molecule has 1 saturated heterocycles. The highest BCUT2D eigenvalue weighted by atomic mass is 19.2. The van der Waals surface area contributed by atoms with Crippen molar-refractivity contribution < 1.29 is 13.5 Å². The summed E-state index contributed by atoms with van der Waals surface area (Å²) in [5, 5.41) is 0. The molecule has 0 aromatic heterocycles. The lowest BCUT2D eigenvalue weighted by Gasteiger charge is -2.29. The van der Waals surface area contributed by atoms with Gasteiger partial charge in [0.25, 0.3) is 0 Å². The zero-order valence-corrected chi connectivity index (χ0v) is 7.17. The fourth-order valence-corrected chi connectivity index (χ4v) is 2.35. The van der Waals surface area contributed by atoms with Crippen molar-refractivity contribution in [1.82, 2.24) is 0 Å². The molecule has 2 rings (SSSR count). The molecule has 2 fully saturated rings. The topological polar surface area (TPSA) is 9.23 Å². The minimum Gasteiger partial charge on any atom is -0.372 e. The van der Waals surface area contributed by atoms with E-state index in [1.54, 1.807) is 0 Å². The van der Waals surface area contributed by atoms with Crippen molar-refractivity contribution in [3.8, 4) is 0 Å². The highest BCUT2D eigenvalue weighted by Crippen LogP contribution is 2.39. The van der Waals surface area contributed by atoms with Gasteiger partial charge in [0.1, 0.15) is 6.17 Å². The molecular formula is C9H14F2O. The molecule has 0 aromatic rings. The molecule has 0 bridgehead atoms. The van der Waals surface area contributed by atoms with E-state index in [1.807, 2.05) is 6.92 Å². The van der Waals surface area contributed by atoms with Crippen LogP contribution in [0, 0.1) is 5.92 Å². The molecule has 0 N–H and O–H groups in total. The molecule has 0 amide bonds. The predicted octanol–water partition coefficient (Wildman–Crippen LogP) is 2.25. The van der Waals surface area contributed by atoms with Crippen LogP contribution in [0.3, 0.4) is 0 Å². The van der Waals surface area contributed by atoms with Crippen molar-refractivity contribution in [1.29, 1.82) is 0 Å². The quantitative estimate of drug-likeness (QED) is 0.550. The number of halogens is 2. The van der Waals surface area contributed by atoms with Crippen LogP contribution in [-0.4, -0.2) is 24.6 Å². The summed E-state index contributed by atoms with van der Waals surface area (Å²) in [6, 6.07) is 0. The molecule has 1 saturated carbocycles. The molecule has 1 nitrogen and oxygen atoms in total. The van der Waals surface area contributed by atoms with Crippen molar-refractivity contribution in [3.05, 3.63) is 0 Å². The van der Waals surface area contributed by atoms with Gasteiger partial charge in [-0.2, -0.15) is 0 Å². The third kappa shape index (κ3) is 1.24. The third-order valence-corrected chi connectivity index (χ3v) is 2.96. The molecule has 3 heteroatoms. The number of alkyl halides is 2. The van der Waals surface area contributed by atoms with Crippen LogP contribution in [0.5, 0.6) is 0 Å². The first-order valence-corrected chi connectivity index (χ1v) is 4.62.